The molecule has 1 rings (SSSR count). The Hall–Kier alpha value is -1.84. The molecule has 4 heteroatoms. The predicted molar refractivity (Wildman–Crippen MR) is 67.9 cm³/mol. The molecule has 4 nitrogen and oxygen atoms in total. The number of Topliss-reactive ketones (excluding diaryl/α,β-unsaturated/α-hetero) is 1. The Morgan fingerprint density at radius 3 is 2.44 bits per heavy atom. The fourth-order valence-electron chi connectivity index (χ4n) is 1.79. The molecule has 98 valence electrons. The first-order chi connectivity index (χ1) is 8.54. The minimum atomic E-state index is -0.772. The molecule has 0 N–H and O–H groups in total. The molecule has 0 saturated heterocycles. The van der Waals surface area contributed by atoms with Crippen molar-refractivity contribution in [1.29, 1.82) is 0 Å². The lowest BCUT2D eigenvalue weighted by molar-refractivity contribution is -0.143. The van der Waals surface area contributed by atoms with Gasteiger partial charge in [0.1, 0.15) is 11.7 Å². The fraction of sp³-hybridized carbons (Fsp3) is 0.429. The second-order valence-corrected chi connectivity index (χ2v) is 4.05. The number of aryl methyl sites for hydroxylation is 1. The van der Waals surface area contributed by atoms with E-state index in [2.05, 4.69) is 4.74 Å². The monoisotopic (exact) mass is 250 g/mol. The van der Waals surface area contributed by atoms with Crippen LogP contribution >= 0.6 is 0 Å². The number of benzene rings is 1. The van der Waals surface area contributed by atoms with Gasteiger partial charge < -0.3 is 9.47 Å². The number of hydrogen-bond acceptors (Lipinski definition) is 4. The van der Waals surface area contributed by atoms with Crippen molar-refractivity contribution in [3.63, 3.8) is 0 Å². The van der Waals surface area contributed by atoms with Crippen LogP contribution in [0, 0.1) is 12.8 Å². The van der Waals surface area contributed by atoms with Crippen molar-refractivity contribution >= 4 is 11.8 Å². The molecule has 0 radical (unpaired) electrons. The molecule has 0 aliphatic carbocycles. The first kappa shape index (κ1) is 14.2. The highest BCUT2D eigenvalue weighted by atomic mass is 16.5. The van der Waals surface area contributed by atoms with Crippen molar-refractivity contribution in [2.75, 3.05) is 14.2 Å². The number of carbonyl (C=O) groups is 2. The highest BCUT2D eigenvalue weighted by Gasteiger charge is 2.28. The Balaban J connectivity index is 3.13. The quantitative estimate of drug-likeness (QED) is 0.457. The van der Waals surface area contributed by atoms with E-state index in [4.69, 9.17) is 4.74 Å². The first-order valence-corrected chi connectivity index (χ1v) is 5.81. The van der Waals surface area contributed by atoms with Gasteiger partial charge in [-0.1, -0.05) is 13.0 Å². The van der Waals surface area contributed by atoms with Crippen LogP contribution in [-0.4, -0.2) is 26.0 Å². The van der Waals surface area contributed by atoms with Crippen LogP contribution in [0.4, 0.5) is 0 Å². The summed E-state index contributed by atoms with van der Waals surface area (Å²) >= 11 is 0. The normalized spacial score (nSPS) is 11.8. The van der Waals surface area contributed by atoms with Crippen LogP contribution in [0.15, 0.2) is 18.2 Å². The maximum absolute atomic E-state index is 12.3. The molecule has 1 atom stereocenters. The zero-order valence-corrected chi connectivity index (χ0v) is 11.1. The standard InChI is InChI=1S/C14H18O4/c1-5-10(14(16)18-4)13(15)11-7-6-9(2)8-12(11)17-3/h6-8,10H,5H2,1-4H3. The second kappa shape index (κ2) is 6.19. The number of hydrogen-bond donors (Lipinski definition) is 0. The second-order valence-electron chi connectivity index (χ2n) is 4.05. The Kier molecular flexibility index (Phi) is 4.89. The lowest BCUT2D eigenvalue weighted by Crippen LogP contribution is -2.25. The lowest BCUT2D eigenvalue weighted by atomic mass is 9.94. The highest BCUT2D eigenvalue weighted by Crippen LogP contribution is 2.24. The summed E-state index contributed by atoms with van der Waals surface area (Å²) in [7, 11) is 2.79. The number of methoxy groups -OCH3 is 2. The zero-order valence-electron chi connectivity index (χ0n) is 11.1. The van der Waals surface area contributed by atoms with Gasteiger partial charge >= 0.3 is 5.97 Å². The molecule has 0 spiro atoms. The number of ketones is 1. The molecule has 18 heavy (non-hydrogen) atoms. The Morgan fingerprint density at radius 1 is 1.28 bits per heavy atom. The third-order valence-electron chi connectivity index (χ3n) is 2.83. The van der Waals surface area contributed by atoms with Crippen molar-refractivity contribution in [2.45, 2.75) is 20.3 Å². The van der Waals surface area contributed by atoms with Crippen molar-refractivity contribution in [2.24, 2.45) is 5.92 Å². The van der Waals surface area contributed by atoms with Crippen LogP contribution < -0.4 is 4.74 Å². The van der Waals surface area contributed by atoms with Crippen molar-refractivity contribution in [3.05, 3.63) is 29.3 Å². The Labute approximate surface area is 107 Å². The van der Waals surface area contributed by atoms with E-state index in [0.717, 1.165) is 5.56 Å². The minimum absolute atomic E-state index is 0.263. The summed E-state index contributed by atoms with van der Waals surface area (Å²) in [5, 5.41) is 0. The Morgan fingerprint density at radius 2 is 1.94 bits per heavy atom. The molecule has 0 amide bonds. The minimum Gasteiger partial charge on any atom is -0.496 e. The lowest BCUT2D eigenvalue weighted by Gasteiger charge is -2.14. The molecule has 1 unspecified atom stereocenters. The van der Waals surface area contributed by atoms with Gasteiger partial charge in [-0.3, -0.25) is 9.59 Å². The average molecular weight is 250 g/mol. The van der Waals surface area contributed by atoms with Crippen LogP contribution in [0.1, 0.15) is 29.3 Å². The van der Waals surface area contributed by atoms with Gasteiger partial charge in [-0.2, -0.15) is 0 Å². The van der Waals surface area contributed by atoms with Crippen molar-refractivity contribution < 1.29 is 19.1 Å². The summed E-state index contributed by atoms with van der Waals surface area (Å²) in [6.45, 7) is 3.69. The molecule has 1 aromatic rings. The Bertz CT molecular complexity index is 451. The van der Waals surface area contributed by atoms with E-state index in [-0.39, 0.29) is 5.78 Å². The first-order valence-electron chi connectivity index (χ1n) is 5.81. The predicted octanol–water partition coefficient (Wildman–Crippen LogP) is 2.39. The summed E-state index contributed by atoms with van der Waals surface area (Å²) in [5.41, 5.74) is 1.41. The van der Waals surface area contributed by atoms with Crippen molar-refractivity contribution in [3.8, 4) is 5.75 Å². The van der Waals surface area contributed by atoms with Gasteiger partial charge in [0, 0.05) is 0 Å². The van der Waals surface area contributed by atoms with Gasteiger partial charge in [-0.05, 0) is 31.0 Å². The topological polar surface area (TPSA) is 52.6 Å². The van der Waals surface area contributed by atoms with Crippen LogP contribution in [-0.2, 0) is 9.53 Å². The summed E-state index contributed by atoms with van der Waals surface area (Å²) in [6, 6.07) is 5.28. The number of carbonyl (C=O) groups excluding carboxylic acids is 2. The number of rotatable bonds is 5. The third kappa shape index (κ3) is 2.88. The molecule has 1 aromatic carbocycles. The molecule has 0 aromatic heterocycles. The summed E-state index contributed by atoms with van der Waals surface area (Å²) in [6.07, 6.45) is 0.405. The van der Waals surface area contributed by atoms with E-state index in [1.54, 1.807) is 19.1 Å². The van der Waals surface area contributed by atoms with Crippen LogP contribution in [0.2, 0.25) is 0 Å². The molecular formula is C14H18O4. The molecule has 0 aliphatic heterocycles. The van der Waals surface area contributed by atoms with Gasteiger partial charge in [0.2, 0.25) is 0 Å². The summed E-state index contributed by atoms with van der Waals surface area (Å²) in [5.74, 6) is -1.06. The van der Waals surface area contributed by atoms with Gasteiger partial charge in [-0.15, -0.1) is 0 Å². The zero-order chi connectivity index (χ0) is 13.7. The smallest absolute Gasteiger partial charge is 0.316 e. The maximum atomic E-state index is 12.3. The largest absolute Gasteiger partial charge is 0.496 e. The van der Waals surface area contributed by atoms with Gasteiger partial charge in [0.15, 0.2) is 5.78 Å². The van der Waals surface area contributed by atoms with Crippen LogP contribution in [0.5, 0.6) is 5.75 Å². The van der Waals surface area contributed by atoms with E-state index >= 15 is 0 Å². The van der Waals surface area contributed by atoms with Gasteiger partial charge in [-0.25, -0.2) is 0 Å². The average Bonchev–Trinajstić information content (AvgIpc) is 2.38. The van der Waals surface area contributed by atoms with E-state index in [1.807, 2.05) is 13.0 Å². The number of ether oxygens (including phenoxy) is 2. The van der Waals surface area contributed by atoms with Gasteiger partial charge in [0.05, 0.1) is 19.8 Å². The van der Waals surface area contributed by atoms with E-state index < -0.39 is 11.9 Å². The fourth-order valence-corrected chi connectivity index (χ4v) is 1.79. The summed E-state index contributed by atoms with van der Waals surface area (Å²) < 4.78 is 9.82. The van der Waals surface area contributed by atoms with Gasteiger partial charge in [0.25, 0.3) is 0 Å². The molecule has 0 saturated carbocycles. The van der Waals surface area contributed by atoms with E-state index in [1.165, 1.54) is 14.2 Å². The molecule has 0 bridgehead atoms. The van der Waals surface area contributed by atoms with E-state index in [0.29, 0.717) is 17.7 Å². The highest BCUT2D eigenvalue weighted by molar-refractivity contribution is 6.10. The molecule has 0 heterocycles. The number of esters is 1. The van der Waals surface area contributed by atoms with Crippen LogP contribution in [0.25, 0.3) is 0 Å². The SMILES string of the molecule is CCC(C(=O)OC)C(=O)c1ccc(C)cc1OC. The third-order valence-corrected chi connectivity index (χ3v) is 2.83. The maximum Gasteiger partial charge on any atom is 0.316 e. The molecular weight excluding hydrogens is 232 g/mol. The molecule has 0 fully saturated rings. The van der Waals surface area contributed by atoms with Crippen molar-refractivity contribution in [1.82, 2.24) is 0 Å². The molecule has 0 aliphatic rings. The van der Waals surface area contributed by atoms with Crippen LogP contribution in [0.3, 0.4) is 0 Å². The van der Waals surface area contributed by atoms with E-state index in [9.17, 15) is 9.59 Å². The summed E-state index contributed by atoms with van der Waals surface area (Å²) in [4.78, 5) is 23.8.